The number of nitrogens with zero attached hydrogens (tertiary/aromatic N) is 2. The Kier molecular flexibility index (Phi) is 7.24. The number of hydrogen-bond donors (Lipinski definition) is 2. The van der Waals surface area contributed by atoms with E-state index in [4.69, 9.17) is 17.0 Å². The average molecular weight is 341 g/mol. The predicted octanol–water partition coefficient (Wildman–Crippen LogP) is 2.38. The minimum Gasteiger partial charge on any atom is -0.379 e. The summed E-state index contributed by atoms with van der Waals surface area (Å²) in [6.07, 6.45) is 4.65. The topological polar surface area (TPSA) is 48.9 Å². The lowest BCUT2D eigenvalue weighted by molar-refractivity contribution is 0.0389. The van der Waals surface area contributed by atoms with Crippen LogP contribution in [-0.2, 0) is 4.74 Å². The van der Waals surface area contributed by atoms with Crippen LogP contribution >= 0.6 is 12.2 Å². The summed E-state index contributed by atoms with van der Waals surface area (Å²) in [5.41, 5.74) is 4.67. The molecule has 1 saturated heterocycles. The Labute approximate surface area is 146 Å². The summed E-state index contributed by atoms with van der Waals surface area (Å²) in [5, 5.41) is 8.36. The van der Waals surface area contributed by atoms with Crippen LogP contribution in [0.2, 0.25) is 0 Å². The molecule has 0 atom stereocenters. The number of morpholine rings is 1. The third-order valence-corrected chi connectivity index (χ3v) is 5.16. The quantitative estimate of drug-likeness (QED) is 0.608. The highest BCUT2D eigenvalue weighted by Gasteiger charge is 2.28. The van der Waals surface area contributed by atoms with Gasteiger partial charge in [-0.05, 0) is 49.2 Å². The number of hydrazone groups is 1. The van der Waals surface area contributed by atoms with E-state index in [0.717, 1.165) is 58.2 Å². The van der Waals surface area contributed by atoms with Gasteiger partial charge in [-0.25, -0.2) is 0 Å². The third kappa shape index (κ3) is 6.73. The maximum absolute atomic E-state index is 5.34. The Morgan fingerprint density at radius 1 is 1.26 bits per heavy atom. The van der Waals surface area contributed by atoms with Gasteiger partial charge in [-0.15, -0.1) is 0 Å². The van der Waals surface area contributed by atoms with Crippen LogP contribution in [0.4, 0.5) is 0 Å². The van der Waals surface area contributed by atoms with E-state index >= 15 is 0 Å². The van der Waals surface area contributed by atoms with Gasteiger partial charge in [-0.2, -0.15) is 5.10 Å². The first-order chi connectivity index (χ1) is 10.9. The SMILES string of the molecule is CC(C)(C)C1CCC(=NNC(=S)NCCN2CCOCC2)CC1. The fourth-order valence-corrected chi connectivity index (χ4v) is 3.40. The van der Waals surface area contributed by atoms with Gasteiger partial charge in [0.2, 0.25) is 0 Å². The van der Waals surface area contributed by atoms with E-state index in [9.17, 15) is 0 Å². The standard InChI is InChI=1S/C17H32N4OS/c1-17(2,3)14-4-6-15(7-5-14)19-20-16(23)18-8-9-21-10-12-22-13-11-21/h14H,4-13H2,1-3H3,(H2,18,20,23). The molecule has 2 rings (SSSR count). The molecule has 1 aliphatic carbocycles. The highest BCUT2D eigenvalue weighted by atomic mass is 32.1. The van der Waals surface area contributed by atoms with Crippen molar-refractivity contribution >= 4 is 23.0 Å². The molecule has 0 radical (unpaired) electrons. The van der Waals surface area contributed by atoms with E-state index in [1.807, 2.05) is 0 Å². The molecule has 2 aliphatic rings. The fraction of sp³-hybridized carbons (Fsp3) is 0.882. The van der Waals surface area contributed by atoms with Crippen molar-refractivity contribution in [2.75, 3.05) is 39.4 Å². The normalized spacial score (nSPS) is 23.4. The Morgan fingerprint density at radius 3 is 2.52 bits per heavy atom. The summed E-state index contributed by atoms with van der Waals surface area (Å²) >= 11 is 5.30. The number of thiocarbonyl (C=S) groups is 1. The summed E-state index contributed by atoms with van der Waals surface area (Å²) in [5.74, 6) is 0.806. The lowest BCUT2D eigenvalue weighted by Gasteiger charge is -2.34. The zero-order valence-electron chi connectivity index (χ0n) is 14.9. The van der Waals surface area contributed by atoms with Gasteiger partial charge in [0.1, 0.15) is 0 Å². The molecular formula is C17H32N4OS. The van der Waals surface area contributed by atoms with Gasteiger partial charge in [0.15, 0.2) is 5.11 Å². The van der Waals surface area contributed by atoms with Crippen LogP contribution in [0.15, 0.2) is 5.10 Å². The van der Waals surface area contributed by atoms with Crippen LogP contribution < -0.4 is 10.7 Å². The molecule has 0 spiro atoms. The van der Waals surface area contributed by atoms with Crippen LogP contribution in [0.1, 0.15) is 46.5 Å². The smallest absolute Gasteiger partial charge is 0.186 e. The summed E-state index contributed by atoms with van der Waals surface area (Å²) in [6.45, 7) is 12.6. The van der Waals surface area contributed by atoms with E-state index in [1.165, 1.54) is 18.6 Å². The zero-order valence-corrected chi connectivity index (χ0v) is 15.7. The van der Waals surface area contributed by atoms with Gasteiger partial charge < -0.3 is 10.1 Å². The van der Waals surface area contributed by atoms with E-state index in [0.29, 0.717) is 10.5 Å². The van der Waals surface area contributed by atoms with Crippen molar-refractivity contribution < 1.29 is 4.74 Å². The van der Waals surface area contributed by atoms with Gasteiger partial charge in [0.05, 0.1) is 13.2 Å². The Morgan fingerprint density at radius 2 is 1.91 bits per heavy atom. The third-order valence-electron chi connectivity index (χ3n) is 4.92. The first kappa shape index (κ1) is 18.6. The molecule has 0 unspecified atom stereocenters. The minimum atomic E-state index is 0.412. The molecule has 1 aliphatic heterocycles. The van der Waals surface area contributed by atoms with Gasteiger partial charge in [-0.1, -0.05) is 20.8 Å². The maximum Gasteiger partial charge on any atom is 0.186 e. The highest BCUT2D eigenvalue weighted by Crippen LogP contribution is 2.36. The van der Waals surface area contributed by atoms with Crippen LogP contribution in [0.5, 0.6) is 0 Å². The first-order valence-electron chi connectivity index (χ1n) is 8.84. The number of ether oxygens (including phenoxy) is 1. The summed E-state index contributed by atoms with van der Waals surface area (Å²) in [7, 11) is 0. The van der Waals surface area contributed by atoms with Crippen LogP contribution in [-0.4, -0.2) is 55.1 Å². The molecule has 0 aromatic heterocycles. The molecule has 0 amide bonds. The van der Waals surface area contributed by atoms with Crippen LogP contribution in [0.25, 0.3) is 0 Å². The van der Waals surface area contributed by atoms with Crippen LogP contribution in [0.3, 0.4) is 0 Å². The second-order valence-corrected chi connectivity index (χ2v) is 8.05. The zero-order chi connectivity index (χ0) is 16.7. The van der Waals surface area contributed by atoms with E-state index in [2.05, 4.69) is 41.5 Å². The molecule has 132 valence electrons. The molecule has 1 saturated carbocycles. The second-order valence-electron chi connectivity index (χ2n) is 7.64. The van der Waals surface area contributed by atoms with Gasteiger partial charge in [0, 0.05) is 31.9 Å². The monoisotopic (exact) mass is 340 g/mol. The number of nitrogens with one attached hydrogen (secondary N) is 2. The first-order valence-corrected chi connectivity index (χ1v) is 9.25. The van der Waals surface area contributed by atoms with Crippen molar-refractivity contribution in [3.8, 4) is 0 Å². The molecular weight excluding hydrogens is 308 g/mol. The molecule has 6 heteroatoms. The molecule has 5 nitrogen and oxygen atoms in total. The summed E-state index contributed by atoms with van der Waals surface area (Å²) < 4.78 is 5.34. The predicted molar refractivity (Wildman–Crippen MR) is 99.8 cm³/mol. The number of hydrogen-bond acceptors (Lipinski definition) is 4. The lowest BCUT2D eigenvalue weighted by Crippen LogP contribution is -2.43. The molecule has 0 aromatic rings. The van der Waals surface area contributed by atoms with Gasteiger partial charge in [0.25, 0.3) is 0 Å². The molecule has 0 bridgehead atoms. The van der Waals surface area contributed by atoms with Crippen molar-refractivity contribution in [3.63, 3.8) is 0 Å². The van der Waals surface area contributed by atoms with E-state index in [-0.39, 0.29) is 0 Å². The second kappa shape index (κ2) is 8.94. The number of rotatable bonds is 4. The average Bonchev–Trinajstić information content (AvgIpc) is 2.53. The molecule has 0 aromatic carbocycles. The van der Waals surface area contributed by atoms with Crippen LogP contribution in [0, 0.1) is 11.3 Å². The highest BCUT2D eigenvalue weighted by molar-refractivity contribution is 7.80. The van der Waals surface area contributed by atoms with Crippen molar-refractivity contribution in [3.05, 3.63) is 0 Å². The minimum absolute atomic E-state index is 0.412. The van der Waals surface area contributed by atoms with Gasteiger partial charge in [-0.3, -0.25) is 10.3 Å². The Bertz CT molecular complexity index is 403. The Balaban J connectivity index is 1.60. The fourth-order valence-electron chi connectivity index (χ4n) is 3.25. The Hall–Kier alpha value is -0.720. The van der Waals surface area contributed by atoms with Gasteiger partial charge >= 0.3 is 0 Å². The largest absolute Gasteiger partial charge is 0.379 e. The summed E-state index contributed by atoms with van der Waals surface area (Å²) in [6, 6.07) is 0. The molecule has 2 fully saturated rings. The van der Waals surface area contributed by atoms with Crippen molar-refractivity contribution in [1.29, 1.82) is 0 Å². The van der Waals surface area contributed by atoms with E-state index in [1.54, 1.807) is 0 Å². The molecule has 23 heavy (non-hydrogen) atoms. The van der Waals surface area contributed by atoms with Crippen molar-refractivity contribution in [1.82, 2.24) is 15.6 Å². The maximum atomic E-state index is 5.34. The lowest BCUT2D eigenvalue weighted by atomic mass is 9.72. The molecule has 1 heterocycles. The van der Waals surface area contributed by atoms with E-state index < -0.39 is 0 Å². The van der Waals surface area contributed by atoms with Crippen molar-refractivity contribution in [2.24, 2.45) is 16.4 Å². The van der Waals surface area contributed by atoms with Crippen molar-refractivity contribution in [2.45, 2.75) is 46.5 Å². The molecule has 2 N–H and O–H groups in total. The summed E-state index contributed by atoms with van der Waals surface area (Å²) in [4.78, 5) is 2.39.